The van der Waals surface area contributed by atoms with E-state index < -0.39 is 0 Å². The van der Waals surface area contributed by atoms with Gasteiger partial charge >= 0.3 is 0 Å². The van der Waals surface area contributed by atoms with Crippen LogP contribution in [-0.2, 0) is 6.54 Å². The minimum absolute atomic E-state index is 0.226. The van der Waals surface area contributed by atoms with E-state index in [1.54, 1.807) is 6.20 Å². The number of aromatic nitrogens is 1. The average Bonchev–Trinajstić information content (AvgIpc) is 2.30. The minimum atomic E-state index is 0.226. The van der Waals surface area contributed by atoms with E-state index in [0.29, 0.717) is 6.42 Å². The Morgan fingerprint density at radius 2 is 2.18 bits per heavy atom. The van der Waals surface area contributed by atoms with Gasteiger partial charge in [-0.1, -0.05) is 0 Å². The van der Waals surface area contributed by atoms with Crippen molar-refractivity contribution in [3.05, 3.63) is 23.0 Å². The van der Waals surface area contributed by atoms with E-state index in [0.717, 1.165) is 29.1 Å². The Kier molecular flexibility index (Phi) is 4.47. The monoisotopic (exact) mass is 232 g/mol. The molecular weight excluding hydrogens is 212 g/mol. The molecule has 1 unspecified atom stereocenters. The van der Waals surface area contributed by atoms with E-state index in [1.807, 2.05) is 27.8 Å². The highest BCUT2D eigenvalue weighted by Gasteiger charge is 2.13. The number of nitrogen functional groups attached to an aromatic ring is 1. The van der Waals surface area contributed by atoms with Crippen LogP contribution in [0.3, 0.4) is 0 Å². The first-order chi connectivity index (χ1) is 7.97. The largest absolute Gasteiger partial charge is 0.398 e. The Morgan fingerprint density at radius 3 is 2.76 bits per heavy atom. The molecular formula is C13H20N4. The van der Waals surface area contributed by atoms with Crippen LogP contribution in [0.2, 0.25) is 0 Å². The van der Waals surface area contributed by atoms with Gasteiger partial charge in [0.05, 0.1) is 18.2 Å². The van der Waals surface area contributed by atoms with Crippen molar-refractivity contribution in [1.82, 2.24) is 9.88 Å². The summed E-state index contributed by atoms with van der Waals surface area (Å²) in [4.78, 5) is 6.53. The predicted molar refractivity (Wildman–Crippen MR) is 69.3 cm³/mol. The average molecular weight is 232 g/mol. The van der Waals surface area contributed by atoms with E-state index in [1.165, 1.54) is 0 Å². The molecule has 1 aromatic heterocycles. The van der Waals surface area contributed by atoms with Crippen LogP contribution in [-0.4, -0.2) is 23.0 Å². The summed E-state index contributed by atoms with van der Waals surface area (Å²) >= 11 is 0. The molecule has 0 spiro atoms. The highest BCUT2D eigenvalue weighted by atomic mass is 15.1. The Morgan fingerprint density at radius 1 is 1.53 bits per heavy atom. The number of nitrogens with two attached hydrogens (primary N) is 1. The lowest BCUT2D eigenvalue weighted by molar-refractivity contribution is 0.249. The summed E-state index contributed by atoms with van der Waals surface area (Å²) in [7, 11) is 2.00. The molecule has 17 heavy (non-hydrogen) atoms. The highest BCUT2D eigenvalue weighted by Crippen LogP contribution is 2.19. The summed E-state index contributed by atoms with van der Waals surface area (Å²) < 4.78 is 0. The molecule has 0 aromatic carbocycles. The Bertz CT molecular complexity index is 434. The SMILES string of the molecule is Cc1cnc(CN(C)C(C)CC#N)c(C)c1N. The van der Waals surface area contributed by atoms with Gasteiger partial charge in [-0.15, -0.1) is 0 Å². The normalized spacial score (nSPS) is 12.5. The minimum Gasteiger partial charge on any atom is -0.398 e. The summed E-state index contributed by atoms with van der Waals surface area (Å²) in [5.41, 5.74) is 9.84. The number of nitrogens with zero attached hydrogens (tertiary/aromatic N) is 3. The van der Waals surface area contributed by atoms with Gasteiger partial charge in [0.2, 0.25) is 0 Å². The number of pyridine rings is 1. The zero-order chi connectivity index (χ0) is 13.0. The fourth-order valence-electron chi connectivity index (χ4n) is 1.63. The molecule has 0 aliphatic rings. The van der Waals surface area contributed by atoms with Crippen molar-refractivity contribution in [3.8, 4) is 6.07 Å². The first kappa shape index (κ1) is 13.5. The molecule has 0 saturated carbocycles. The lowest BCUT2D eigenvalue weighted by atomic mass is 10.1. The molecule has 1 aromatic rings. The Labute approximate surface area is 103 Å². The van der Waals surface area contributed by atoms with Crippen LogP contribution in [0.15, 0.2) is 6.20 Å². The van der Waals surface area contributed by atoms with Gasteiger partial charge in [-0.3, -0.25) is 9.88 Å². The molecule has 4 heteroatoms. The van der Waals surface area contributed by atoms with Crippen molar-refractivity contribution in [2.75, 3.05) is 12.8 Å². The predicted octanol–water partition coefficient (Wildman–Crippen LogP) is 2.01. The summed E-state index contributed by atoms with van der Waals surface area (Å²) in [6.07, 6.45) is 2.33. The Balaban J connectivity index is 2.83. The second kappa shape index (κ2) is 5.65. The van der Waals surface area contributed by atoms with Gasteiger partial charge in [-0.2, -0.15) is 5.26 Å². The lowest BCUT2D eigenvalue weighted by Crippen LogP contribution is -2.29. The van der Waals surface area contributed by atoms with Gasteiger partial charge in [0, 0.05) is 24.5 Å². The van der Waals surface area contributed by atoms with Crippen LogP contribution in [0, 0.1) is 25.2 Å². The first-order valence-electron chi connectivity index (χ1n) is 5.75. The van der Waals surface area contributed by atoms with Crippen molar-refractivity contribution >= 4 is 5.69 Å². The molecule has 0 radical (unpaired) electrons. The highest BCUT2D eigenvalue weighted by molar-refractivity contribution is 5.53. The van der Waals surface area contributed by atoms with Crippen LogP contribution in [0.4, 0.5) is 5.69 Å². The fourth-order valence-corrected chi connectivity index (χ4v) is 1.63. The van der Waals surface area contributed by atoms with Crippen LogP contribution in [0.1, 0.15) is 30.2 Å². The third kappa shape index (κ3) is 3.18. The van der Waals surface area contributed by atoms with Gasteiger partial charge in [0.25, 0.3) is 0 Å². The zero-order valence-electron chi connectivity index (χ0n) is 11.0. The number of aryl methyl sites for hydroxylation is 1. The van der Waals surface area contributed by atoms with Crippen molar-refractivity contribution in [2.24, 2.45) is 0 Å². The third-order valence-corrected chi connectivity index (χ3v) is 3.21. The topological polar surface area (TPSA) is 65.9 Å². The Hall–Kier alpha value is -1.60. The summed E-state index contributed by atoms with van der Waals surface area (Å²) in [5, 5.41) is 8.67. The molecule has 0 aliphatic heterocycles. The molecule has 0 bridgehead atoms. The van der Waals surface area contributed by atoms with Gasteiger partial charge in [-0.05, 0) is 38.9 Å². The van der Waals surface area contributed by atoms with Crippen LogP contribution in [0.25, 0.3) is 0 Å². The second-order valence-electron chi connectivity index (χ2n) is 4.55. The third-order valence-electron chi connectivity index (χ3n) is 3.21. The maximum absolute atomic E-state index is 8.67. The quantitative estimate of drug-likeness (QED) is 0.862. The molecule has 4 nitrogen and oxygen atoms in total. The maximum Gasteiger partial charge on any atom is 0.0638 e. The summed E-state index contributed by atoms with van der Waals surface area (Å²) in [6, 6.07) is 2.41. The standard InChI is InChI=1S/C13H20N4/c1-9-7-16-12(11(3)13(9)15)8-17(4)10(2)5-6-14/h7,10H,5,8H2,1-4H3,(H2,15,16). The van der Waals surface area contributed by atoms with E-state index in [9.17, 15) is 0 Å². The van der Waals surface area contributed by atoms with E-state index >= 15 is 0 Å². The molecule has 0 fully saturated rings. The van der Waals surface area contributed by atoms with E-state index in [-0.39, 0.29) is 6.04 Å². The molecule has 1 rings (SSSR count). The van der Waals surface area contributed by atoms with Gasteiger partial charge < -0.3 is 5.73 Å². The van der Waals surface area contributed by atoms with Gasteiger partial charge in [-0.25, -0.2) is 0 Å². The number of hydrogen-bond donors (Lipinski definition) is 1. The lowest BCUT2D eigenvalue weighted by Gasteiger charge is -2.23. The summed E-state index contributed by atoms with van der Waals surface area (Å²) in [6.45, 7) is 6.71. The first-order valence-corrected chi connectivity index (χ1v) is 5.75. The molecule has 0 aliphatic carbocycles. The molecule has 0 amide bonds. The van der Waals surface area contributed by atoms with Crippen molar-refractivity contribution in [1.29, 1.82) is 5.26 Å². The fraction of sp³-hybridized carbons (Fsp3) is 0.538. The maximum atomic E-state index is 8.67. The van der Waals surface area contributed by atoms with E-state index in [2.05, 4.69) is 16.0 Å². The van der Waals surface area contributed by atoms with Crippen LogP contribution in [0.5, 0.6) is 0 Å². The van der Waals surface area contributed by atoms with Crippen LogP contribution >= 0.6 is 0 Å². The molecule has 0 saturated heterocycles. The summed E-state index contributed by atoms with van der Waals surface area (Å²) in [5.74, 6) is 0. The number of nitriles is 1. The smallest absolute Gasteiger partial charge is 0.0638 e. The number of rotatable bonds is 4. The zero-order valence-corrected chi connectivity index (χ0v) is 11.0. The number of anilines is 1. The second-order valence-corrected chi connectivity index (χ2v) is 4.55. The number of hydrogen-bond acceptors (Lipinski definition) is 4. The van der Waals surface area contributed by atoms with Crippen molar-refractivity contribution < 1.29 is 0 Å². The van der Waals surface area contributed by atoms with Crippen LogP contribution < -0.4 is 5.73 Å². The van der Waals surface area contributed by atoms with Gasteiger partial charge in [0.1, 0.15) is 0 Å². The van der Waals surface area contributed by atoms with Crippen molar-refractivity contribution in [2.45, 2.75) is 39.8 Å². The van der Waals surface area contributed by atoms with E-state index in [4.69, 9.17) is 11.0 Å². The van der Waals surface area contributed by atoms with Crippen molar-refractivity contribution in [3.63, 3.8) is 0 Å². The van der Waals surface area contributed by atoms with Gasteiger partial charge in [0.15, 0.2) is 0 Å². The molecule has 1 atom stereocenters. The molecule has 92 valence electrons. The molecule has 2 N–H and O–H groups in total. The molecule has 1 heterocycles.